The van der Waals surface area contributed by atoms with Crippen molar-refractivity contribution in [3.8, 4) is 28.5 Å². The SMILES string of the molecule is O=C(N/N=C\c1cc(Br)ccc1O)c1cc(-c2ccc3c(c2)OCO3)n[nH]1. The number of carbonyl (C=O) groups is 1. The van der Waals surface area contributed by atoms with E-state index in [4.69, 9.17) is 9.47 Å². The molecule has 0 radical (unpaired) electrons. The largest absolute Gasteiger partial charge is 0.507 e. The molecule has 9 heteroatoms. The number of aromatic nitrogens is 2. The van der Waals surface area contributed by atoms with Gasteiger partial charge in [-0.1, -0.05) is 15.9 Å². The number of aromatic amines is 1. The summed E-state index contributed by atoms with van der Waals surface area (Å²) in [6.07, 6.45) is 1.35. The van der Waals surface area contributed by atoms with E-state index < -0.39 is 5.91 Å². The van der Waals surface area contributed by atoms with E-state index in [0.717, 1.165) is 10.0 Å². The lowest BCUT2D eigenvalue weighted by atomic mass is 10.1. The molecule has 0 atom stereocenters. The molecule has 0 saturated carbocycles. The molecule has 2 heterocycles. The predicted molar refractivity (Wildman–Crippen MR) is 101 cm³/mol. The summed E-state index contributed by atoms with van der Waals surface area (Å²) >= 11 is 3.31. The molecule has 0 aliphatic carbocycles. The van der Waals surface area contributed by atoms with Crippen molar-refractivity contribution in [1.29, 1.82) is 0 Å². The maximum Gasteiger partial charge on any atom is 0.289 e. The molecule has 1 aromatic heterocycles. The van der Waals surface area contributed by atoms with Crippen LogP contribution < -0.4 is 14.9 Å². The summed E-state index contributed by atoms with van der Waals surface area (Å²) in [5, 5.41) is 20.4. The number of phenols is 1. The van der Waals surface area contributed by atoms with Gasteiger partial charge in [0.1, 0.15) is 11.4 Å². The molecule has 3 aromatic rings. The number of benzene rings is 2. The molecule has 136 valence electrons. The van der Waals surface area contributed by atoms with Crippen LogP contribution in [0.15, 0.2) is 52.0 Å². The molecule has 1 aliphatic rings. The van der Waals surface area contributed by atoms with Crippen molar-refractivity contribution in [1.82, 2.24) is 15.6 Å². The van der Waals surface area contributed by atoms with Crippen molar-refractivity contribution in [3.63, 3.8) is 0 Å². The van der Waals surface area contributed by atoms with Crippen LogP contribution in [0.4, 0.5) is 0 Å². The van der Waals surface area contributed by atoms with E-state index in [1.54, 1.807) is 30.3 Å². The average molecular weight is 429 g/mol. The topological polar surface area (TPSA) is 109 Å². The van der Waals surface area contributed by atoms with Gasteiger partial charge in [0.2, 0.25) is 6.79 Å². The summed E-state index contributed by atoms with van der Waals surface area (Å²) in [7, 11) is 0. The van der Waals surface area contributed by atoms with Crippen molar-refractivity contribution in [2.24, 2.45) is 5.10 Å². The third kappa shape index (κ3) is 3.63. The lowest BCUT2D eigenvalue weighted by molar-refractivity contribution is 0.0950. The van der Waals surface area contributed by atoms with Gasteiger partial charge in [-0.25, -0.2) is 5.43 Å². The number of rotatable bonds is 4. The van der Waals surface area contributed by atoms with Gasteiger partial charge < -0.3 is 14.6 Å². The van der Waals surface area contributed by atoms with Crippen LogP contribution in [-0.4, -0.2) is 34.2 Å². The minimum Gasteiger partial charge on any atom is -0.507 e. The minimum absolute atomic E-state index is 0.0582. The van der Waals surface area contributed by atoms with Gasteiger partial charge >= 0.3 is 0 Å². The second kappa shape index (κ2) is 7.12. The van der Waals surface area contributed by atoms with E-state index >= 15 is 0 Å². The van der Waals surface area contributed by atoms with Crippen LogP contribution in [0.25, 0.3) is 11.3 Å². The number of halogens is 1. The lowest BCUT2D eigenvalue weighted by Gasteiger charge is -2.00. The van der Waals surface area contributed by atoms with E-state index in [9.17, 15) is 9.90 Å². The highest BCUT2D eigenvalue weighted by molar-refractivity contribution is 9.10. The first-order valence-corrected chi connectivity index (χ1v) is 8.67. The molecule has 2 aromatic carbocycles. The lowest BCUT2D eigenvalue weighted by Crippen LogP contribution is -2.18. The Balaban J connectivity index is 1.46. The summed E-state index contributed by atoms with van der Waals surface area (Å²) in [4.78, 5) is 12.2. The van der Waals surface area contributed by atoms with E-state index in [-0.39, 0.29) is 18.2 Å². The number of hydrogen-bond donors (Lipinski definition) is 3. The molecule has 0 spiro atoms. The smallest absolute Gasteiger partial charge is 0.289 e. The number of hydrogen-bond acceptors (Lipinski definition) is 6. The molecule has 1 amide bonds. The second-order valence-corrected chi connectivity index (χ2v) is 6.55. The molecule has 4 rings (SSSR count). The van der Waals surface area contributed by atoms with E-state index in [1.165, 1.54) is 12.3 Å². The first-order valence-electron chi connectivity index (χ1n) is 7.87. The van der Waals surface area contributed by atoms with Gasteiger partial charge in [-0.05, 0) is 42.5 Å². The van der Waals surface area contributed by atoms with Gasteiger partial charge in [0.15, 0.2) is 11.5 Å². The fraction of sp³-hybridized carbons (Fsp3) is 0.0556. The van der Waals surface area contributed by atoms with Gasteiger partial charge in [-0.15, -0.1) is 0 Å². The van der Waals surface area contributed by atoms with Crippen LogP contribution in [0.3, 0.4) is 0 Å². The number of nitrogens with zero attached hydrogens (tertiary/aromatic N) is 2. The maximum absolute atomic E-state index is 12.2. The number of H-pyrrole nitrogens is 1. The minimum atomic E-state index is -0.458. The van der Waals surface area contributed by atoms with Crippen molar-refractivity contribution in [2.75, 3.05) is 6.79 Å². The Labute approximate surface area is 161 Å². The molecule has 0 saturated heterocycles. The number of carbonyl (C=O) groups excluding carboxylic acids is 1. The summed E-state index contributed by atoms with van der Waals surface area (Å²) in [5.74, 6) is 0.917. The number of nitrogens with one attached hydrogen (secondary N) is 2. The molecule has 0 fully saturated rings. The first kappa shape index (κ1) is 17.1. The highest BCUT2D eigenvalue weighted by Gasteiger charge is 2.16. The highest BCUT2D eigenvalue weighted by atomic mass is 79.9. The monoisotopic (exact) mass is 428 g/mol. The summed E-state index contributed by atoms with van der Waals surface area (Å²) in [6, 6.07) is 11.9. The molecule has 27 heavy (non-hydrogen) atoms. The van der Waals surface area contributed by atoms with Crippen LogP contribution in [0.2, 0.25) is 0 Å². The Morgan fingerprint density at radius 2 is 2.07 bits per heavy atom. The third-order valence-corrected chi connectivity index (χ3v) is 4.34. The van der Waals surface area contributed by atoms with Crippen LogP contribution >= 0.6 is 15.9 Å². The quantitative estimate of drug-likeness (QED) is 0.437. The summed E-state index contributed by atoms with van der Waals surface area (Å²) in [6.45, 7) is 0.193. The Hall–Kier alpha value is -3.33. The van der Waals surface area contributed by atoms with Gasteiger partial charge in [-0.2, -0.15) is 10.2 Å². The van der Waals surface area contributed by atoms with E-state index in [0.29, 0.717) is 22.8 Å². The number of fused-ring (bicyclic) bond motifs is 1. The average Bonchev–Trinajstić information content (AvgIpc) is 3.33. The van der Waals surface area contributed by atoms with Crippen molar-refractivity contribution >= 4 is 28.1 Å². The molecule has 1 aliphatic heterocycles. The van der Waals surface area contributed by atoms with Crippen LogP contribution in [-0.2, 0) is 0 Å². The van der Waals surface area contributed by atoms with E-state index in [1.807, 2.05) is 6.07 Å². The molecule has 0 bridgehead atoms. The maximum atomic E-state index is 12.2. The summed E-state index contributed by atoms with van der Waals surface area (Å²) < 4.78 is 11.4. The highest BCUT2D eigenvalue weighted by Crippen LogP contribution is 2.35. The molecule has 3 N–H and O–H groups in total. The summed E-state index contributed by atoms with van der Waals surface area (Å²) in [5.41, 5.74) is 4.48. The fourth-order valence-electron chi connectivity index (χ4n) is 2.49. The molecular weight excluding hydrogens is 416 g/mol. The predicted octanol–water partition coefficient (Wildman–Crippen LogP) is 3.04. The number of amides is 1. The number of ether oxygens (including phenoxy) is 2. The first-order chi connectivity index (χ1) is 13.1. The second-order valence-electron chi connectivity index (χ2n) is 5.64. The fourth-order valence-corrected chi connectivity index (χ4v) is 2.87. The Morgan fingerprint density at radius 3 is 2.96 bits per heavy atom. The van der Waals surface area contributed by atoms with E-state index in [2.05, 4.69) is 36.7 Å². The molecule has 0 unspecified atom stereocenters. The molecule has 8 nitrogen and oxygen atoms in total. The normalized spacial score (nSPS) is 12.5. The Morgan fingerprint density at radius 1 is 1.22 bits per heavy atom. The van der Waals surface area contributed by atoms with Crippen molar-refractivity contribution in [3.05, 3.63) is 58.2 Å². The molecular formula is C18H13BrN4O4. The van der Waals surface area contributed by atoms with Crippen LogP contribution in [0.1, 0.15) is 16.1 Å². The number of hydrazone groups is 1. The van der Waals surface area contributed by atoms with Crippen molar-refractivity contribution < 1.29 is 19.4 Å². The van der Waals surface area contributed by atoms with Crippen LogP contribution in [0.5, 0.6) is 17.2 Å². The van der Waals surface area contributed by atoms with Crippen LogP contribution in [0, 0.1) is 0 Å². The standard InChI is InChI=1S/C18H13BrN4O4/c19-12-2-3-15(24)11(5-12)8-20-23-18(25)14-7-13(21-22-14)10-1-4-16-17(6-10)27-9-26-16/h1-8,24H,9H2,(H,21,22)(H,23,25)/b20-8-. The zero-order valence-electron chi connectivity index (χ0n) is 13.8. The van der Waals surface area contributed by atoms with Gasteiger partial charge in [0.25, 0.3) is 5.91 Å². The Bertz CT molecular complexity index is 1050. The van der Waals surface area contributed by atoms with Gasteiger partial charge in [-0.3, -0.25) is 9.89 Å². The van der Waals surface area contributed by atoms with Gasteiger partial charge in [0.05, 0.1) is 11.9 Å². The third-order valence-electron chi connectivity index (χ3n) is 3.85. The van der Waals surface area contributed by atoms with Gasteiger partial charge in [0, 0.05) is 15.6 Å². The van der Waals surface area contributed by atoms with Crippen molar-refractivity contribution in [2.45, 2.75) is 0 Å². The number of aromatic hydroxyl groups is 1. The zero-order valence-corrected chi connectivity index (χ0v) is 15.4. The Kier molecular flexibility index (Phi) is 4.51. The number of phenolic OH excluding ortho intramolecular Hbond substituents is 1. The zero-order chi connectivity index (χ0) is 18.8.